The molecule has 0 rings (SSSR count). The Bertz CT molecular complexity index is 1630. The molecule has 0 saturated heterocycles. The molecule has 11 nitrogen and oxygen atoms in total. The summed E-state index contributed by atoms with van der Waals surface area (Å²) in [5.74, 6) is -1.50. The molecule has 3 unspecified atom stereocenters. The molecule has 0 fully saturated rings. The largest absolute Gasteiger partial charge is 0.472 e. The van der Waals surface area contributed by atoms with Crippen molar-refractivity contribution in [1.29, 1.82) is 0 Å². The van der Waals surface area contributed by atoms with E-state index in [0.29, 0.717) is 19.3 Å². The molecule has 2 N–H and O–H groups in total. The summed E-state index contributed by atoms with van der Waals surface area (Å²) < 4.78 is 39.6. The molecule has 3 atom stereocenters. The van der Waals surface area contributed by atoms with Crippen molar-refractivity contribution in [2.24, 2.45) is 0 Å². The van der Waals surface area contributed by atoms with Gasteiger partial charge in [-0.3, -0.25) is 23.4 Å². The molecular formula is C66H115O11P. The second-order valence-electron chi connectivity index (χ2n) is 20.8. The van der Waals surface area contributed by atoms with Crippen LogP contribution in [0.3, 0.4) is 0 Å². The molecule has 0 aromatic rings. The summed E-state index contributed by atoms with van der Waals surface area (Å²) >= 11 is 0. The van der Waals surface area contributed by atoms with Crippen LogP contribution < -0.4 is 0 Å². The summed E-state index contributed by atoms with van der Waals surface area (Å²) in [6, 6.07) is 0. The van der Waals surface area contributed by atoms with E-state index in [1.807, 2.05) is 0 Å². The molecule has 78 heavy (non-hydrogen) atoms. The third kappa shape index (κ3) is 57.3. The summed E-state index contributed by atoms with van der Waals surface area (Å²) in [6.07, 6.45) is 69.6. The number of phosphoric acid groups is 1. The Morgan fingerprint density at radius 3 is 1.06 bits per heavy atom. The molecule has 0 bridgehead atoms. The van der Waals surface area contributed by atoms with Gasteiger partial charge in [-0.2, -0.15) is 0 Å². The molecule has 0 amide bonds. The monoisotopic (exact) mass is 1110 g/mol. The second kappa shape index (κ2) is 59.8. The van der Waals surface area contributed by atoms with Crippen LogP contribution in [0, 0.1) is 0 Å². The Balaban J connectivity index is 4.74. The van der Waals surface area contributed by atoms with Gasteiger partial charge in [-0.25, -0.2) is 4.57 Å². The highest BCUT2D eigenvalue weighted by atomic mass is 31.2. The maximum absolute atomic E-state index is 12.9. The van der Waals surface area contributed by atoms with Crippen LogP contribution >= 0.6 is 7.82 Å². The molecule has 0 spiro atoms. The third-order valence-electron chi connectivity index (χ3n) is 13.3. The molecule has 0 aromatic carbocycles. The normalized spacial score (nSPS) is 13.9. The third-order valence-corrected chi connectivity index (χ3v) is 14.2. The number of hydrogen-bond donors (Lipinski definition) is 2. The van der Waals surface area contributed by atoms with Crippen LogP contribution in [0.1, 0.15) is 278 Å². The quantitative estimate of drug-likeness (QED) is 0.0197. The van der Waals surface area contributed by atoms with Gasteiger partial charge in [-0.1, -0.05) is 228 Å². The van der Waals surface area contributed by atoms with Crippen LogP contribution in [-0.4, -0.2) is 66.5 Å². The van der Waals surface area contributed by atoms with Gasteiger partial charge in [0.1, 0.15) is 12.7 Å². The minimum absolute atomic E-state index is 0.146. The van der Waals surface area contributed by atoms with E-state index < -0.39 is 57.8 Å². The Labute approximate surface area is 477 Å². The van der Waals surface area contributed by atoms with E-state index in [2.05, 4.69) is 106 Å². The molecular weight excluding hydrogens is 1000 g/mol. The molecule has 0 aliphatic heterocycles. The van der Waals surface area contributed by atoms with E-state index in [1.165, 1.54) is 96.3 Å². The van der Waals surface area contributed by atoms with Gasteiger partial charge in [0.2, 0.25) is 0 Å². The van der Waals surface area contributed by atoms with Gasteiger partial charge in [0.25, 0.3) is 0 Å². The average Bonchev–Trinajstić information content (AvgIpc) is 3.43. The smallest absolute Gasteiger partial charge is 0.462 e. The van der Waals surface area contributed by atoms with Gasteiger partial charge >= 0.3 is 25.7 Å². The van der Waals surface area contributed by atoms with Crippen LogP contribution in [-0.2, 0) is 42.2 Å². The number of unbranched alkanes of at least 4 members (excludes halogenated alkanes) is 27. The number of allylic oxidation sites excluding steroid dienone is 14. The molecule has 0 aliphatic carbocycles. The van der Waals surface area contributed by atoms with E-state index in [1.54, 1.807) is 0 Å². The lowest BCUT2D eigenvalue weighted by molar-refractivity contribution is -0.161. The van der Waals surface area contributed by atoms with Crippen molar-refractivity contribution in [3.05, 3.63) is 85.1 Å². The predicted molar refractivity (Wildman–Crippen MR) is 325 cm³/mol. The number of aliphatic hydroxyl groups is 1. The first-order chi connectivity index (χ1) is 38.2. The van der Waals surface area contributed by atoms with Gasteiger partial charge in [-0.15, -0.1) is 0 Å². The fourth-order valence-corrected chi connectivity index (χ4v) is 9.27. The van der Waals surface area contributed by atoms with Gasteiger partial charge in [-0.05, 0) is 116 Å². The summed E-state index contributed by atoms with van der Waals surface area (Å²) in [7, 11) is -4.76. The van der Waals surface area contributed by atoms with Crippen LogP contribution in [0.2, 0.25) is 0 Å². The van der Waals surface area contributed by atoms with Crippen LogP contribution in [0.15, 0.2) is 85.1 Å². The van der Waals surface area contributed by atoms with E-state index in [0.717, 1.165) is 122 Å². The van der Waals surface area contributed by atoms with E-state index in [-0.39, 0.29) is 25.9 Å². The number of aliphatic hydroxyl groups excluding tert-OH is 1. The van der Waals surface area contributed by atoms with Crippen molar-refractivity contribution >= 4 is 25.7 Å². The summed E-state index contributed by atoms with van der Waals surface area (Å²) in [4.78, 5) is 48.7. The molecule has 0 radical (unpaired) electrons. The Morgan fingerprint density at radius 2 is 0.667 bits per heavy atom. The molecule has 0 aliphatic rings. The first-order valence-corrected chi connectivity index (χ1v) is 33.0. The van der Waals surface area contributed by atoms with Crippen LogP contribution in [0.4, 0.5) is 0 Å². The molecule has 0 saturated carbocycles. The zero-order valence-corrected chi connectivity index (χ0v) is 50.8. The highest BCUT2D eigenvalue weighted by Gasteiger charge is 2.28. The van der Waals surface area contributed by atoms with Crippen molar-refractivity contribution in [2.75, 3.05) is 26.4 Å². The Kier molecular flexibility index (Phi) is 57.2. The summed E-state index contributed by atoms with van der Waals surface area (Å²) in [6.45, 7) is 4.49. The van der Waals surface area contributed by atoms with Gasteiger partial charge in [0.05, 0.1) is 19.8 Å². The second-order valence-corrected chi connectivity index (χ2v) is 22.3. The first kappa shape index (κ1) is 74.7. The van der Waals surface area contributed by atoms with Gasteiger partial charge in [0.15, 0.2) is 6.10 Å². The zero-order chi connectivity index (χ0) is 56.9. The van der Waals surface area contributed by atoms with E-state index >= 15 is 0 Å². The minimum atomic E-state index is -4.76. The van der Waals surface area contributed by atoms with Crippen molar-refractivity contribution in [1.82, 2.24) is 0 Å². The zero-order valence-electron chi connectivity index (χ0n) is 49.9. The molecule has 12 heteroatoms. The Hall–Kier alpha value is -3.34. The minimum Gasteiger partial charge on any atom is -0.462 e. The first-order valence-electron chi connectivity index (χ1n) is 31.5. The maximum atomic E-state index is 12.9. The van der Waals surface area contributed by atoms with Crippen LogP contribution in [0.25, 0.3) is 0 Å². The van der Waals surface area contributed by atoms with Crippen molar-refractivity contribution in [2.45, 2.75) is 290 Å². The number of phosphoric ester groups is 1. The summed E-state index contributed by atoms with van der Waals surface area (Å²) in [5, 5.41) is 9.84. The maximum Gasteiger partial charge on any atom is 0.472 e. The number of rotatable bonds is 58. The lowest BCUT2D eigenvalue weighted by Gasteiger charge is -2.21. The number of carbonyl (C=O) groups excluding carboxylic acids is 3. The van der Waals surface area contributed by atoms with Crippen molar-refractivity contribution in [3.63, 3.8) is 0 Å². The SMILES string of the molecule is CC/C=C\C/C=C\C/C=C\C/C=C\CCCCCCC(=O)OC(CO)COP(=O)(O)OCC(COC(=O)CCCCCCC/C=C\CCCCCCCC)OC(=O)CCCCCCCCCCC/C=C\C/C=C\CCCCC. The number of hydrogen-bond acceptors (Lipinski definition) is 10. The predicted octanol–water partition coefficient (Wildman–Crippen LogP) is 19.0. The topological polar surface area (TPSA) is 155 Å². The van der Waals surface area contributed by atoms with Crippen molar-refractivity contribution < 1.29 is 52.2 Å². The van der Waals surface area contributed by atoms with Crippen molar-refractivity contribution in [3.8, 4) is 0 Å². The molecule has 0 aromatic heterocycles. The highest BCUT2D eigenvalue weighted by molar-refractivity contribution is 7.47. The van der Waals surface area contributed by atoms with Gasteiger partial charge < -0.3 is 24.2 Å². The van der Waals surface area contributed by atoms with Crippen LogP contribution in [0.5, 0.6) is 0 Å². The fourth-order valence-electron chi connectivity index (χ4n) is 8.49. The lowest BCUT2D eigenvalue weighted by Crippen LogP contribution is -2.30. The summed E-state index contributed by atoms with van der Waals surface area (Å²) in [5.41, 5.74) is 0. The lowest BCUT2D eigenvalue weighted by atomic mass is 10.1. The number of esters is 3. The standard InChI is InChI=1S/C66H115O11P/c1-4-7-10-13-16-19-22-25-28-30-31-33-36-39-42-45-48-51-54-57-66(70)77-63(59-73-64(68)55-52-49-46-43-40-37-34-27-24-21-18-15-12-9-6-3)61-75-78(71,72)74-60-62(58-67)76-65(69)56-53-50-47-44-41-38-35-32-29-26-23-20-17-14-11-8-5-2/h8,11,16-17,19-20,25-29,34-35,38,62-63,67H,4-7,9-10,12-15,18,21-24,30-33,36-37,39-61H2,1-3H3,(H,71,72)/b11-8-,19-16-,20-17-,28-25-,29-26-,34-27-,38-35-. The number of carbonyl (C=O) groups is 3. The molecule has 450 valence electrons. The Morgan fingerprint density at radius 1 is 0.372 bits per heavy atom. The van der Waals surface area contributed by atoms with Gasteiger partial charge in [0, 0.05) is 19.3 Å². The number of ether oxygens (including phenoxy) is 3. The highest BCUT2D eigenvalue weighted by Crippen LogP contribution is 2.43. The molecule has 0 heterocycles. The van der Waals surface area contributed by atoms with E-state index in [9.17, 15) is 28.9 Å². The average molecular weight is 1120 g/mol. The van der Waals surface area contributed by atoms with E-state index in [4.69, 9.17) is 23.3 Å². The fraction of sp³-hybridized carbons (Fsp3) is 0.742.